The molecule has 2 N–H and O–H groups in total. The molecule has 1 saturated heterocycles. The Kier molecular flexibility index (Phi) is 4.71. The molecule has 8 nitrogen and oxygen atoms in total. The van der Waals surface area contributed by atoms with Gasteiger partial charge in [-0.05, 0) is 36.4 Å². The van der Waals surface area contributed by atoms with E-state index in [0.717, 1.165) is 0 Å². The number of nitrogens with zero attached hydrogens (tertiary/aromatic N) is 2. The molecule has 0 bridgehead atoms. The van der Waals surface area contributed by atoms with Gasteiger partial charge in [0.2, 0.25) is 5.91 Å². The normalized spacial score (nSPS) is 19.2. The Labute approximate surface area is 165 Å². The second kappa shape index (κ2) is 7.34. The van der Waals surface area contributed by atoms with Crippen LogP contribution in [0.25, 0.3) is 11.6 Å². The number of amides is 3. The van der Waals surface area contributed by atoms with Crippen LogP contribution in [0.3, 0.4) is 0 Å². The fourth-order valence-corrected chi connectivity index (χ4v) is 3.22. The zero-order valence-corrected chi connectivity index (χ0v) is 15.4. The first-order valence-electron chi connectivity index (χ1n) is 8.93. The molecule has 1 aromatic carbocycles. The second-order valence-electron chi connectivity index (χ2n) is 6.67. The van der Waals surface area contributed by atoms with Gasteiger partial charge in [0, 0.05) is 24.2 Å². The molecule has 0 aliphatic carbocycles. The van der Waals surface area contributed by atoms with Crippen molar-refractivity contribution in [3.05, 3.63) is 53.5 Å². The van der Waals surface area contributed by atoms with Crippen molar-refractivity contribution in [1.29, 1.82) is 0 Å². The number of cyclic esters (lactones) is 1. The number of carbonyl (C=O) groups is 3. The van der Waals surface area contributed by atoms with Gasteiger partial charge in [-0.2, -0.15) is 0 Å². The van der Waals surface area contributed by atoms with E-state index in [1.165, 1.54) is 30.0 Å². The van der Waals surface area contributed by atoms with Crippen LogP contribution < -0.4 is 15.5 Å². The van der Waals surface area contributed by atoms with Crippen molar-refractivity contribution in [2.24, 2.45) is 0 Å². The summed E-state index contributed by atoms with van der Waals surface area (Å²) < 4.78 is 19.9. The Bertz CT molecular complexity index is 1050. The Morgan fingerprint density at radius 3 is 3.00 bits per heavy atom. The van der Waals surface area contributed by atoms with Crippen LogP contribution in [0.4, 0.5) is 20.7 Å². The van der Waals surface area contributed by atoms with Gasteiger partial charge in [-0.3, -0.25) is 14.5 Å². The summed E-state index contributed by atoms with van der Waals surface area (Å²) in [6.45, 7) is 1.75. The van der Waals surface area contributed by atoms with E-state index in [-0.39, 0.29) is 30.5 Å². The molecule has 3 amide bonds. The summed E-state index contributed by atoms with van der Waals surface area (Å²) in [7, 11) is 0. The van der Waals surface area contributed by atoms with E-state index in [0.29, 0.717) is 22.6 Å². The highest BCUT2D eigenvalue weighted by atomic mass is 19.1. The van der Waals surface area contributed by atoms with Gasteiger partial charge in [0.15, 0.2) is 0 Å². The average Bonchev–Trinajstić information content (AvgIpc) is 3.21. The zero-order valence-electron chi connectivity index (χ0n) is 15.4. The van der Waals surface area contributed by atoms with Gasteiger partial charge in [0.1, 0.15) is 17.7 Å². The fourth-order valence-electron chi connectivity index (χ4n) is 3.22. The number of aromatic nitrogens is 1. The minimum Gasteiger partial charge on any atom is -0.442 e. The van der Waals surface area contributed by atoms with Crippen molar-refractivity contribution in [3.8, 4) is 0 Å². The number of benzene rings is 1. The number of carbonyl (C=O) groups excluding carboxylic acids is 3. The van der Waals surface area contributed by atoms with Crippen molar-refractivity contribution >= 4 is 41.1 Å². The molecule has 1 fully saturated rings. The maximum absolute atomic E-state index is 14.7. The minimum absolute atomic E-state index is 0.187. The number of anilines is 2. The monoisotopic (exact) mass is 396 g/mol. The van der Waals surface area contributed by atoms with Gasteiger partial charge in [-0.25, -0.2) is 14.2 Å². The molecular formula is C20H17FN4O4. The van der Waals surface area contributed by atoms with Gasteiger partial charge in [0.25, 0.3) is 5.91 Å². The van der Waals surface area contributed by atoms with Crippen LogP contribution in [0, 0.1) is 5.82 Å². The Hall–Kier alpha value is -3.75. The molecule has 1 aromatic heterocycles. The predicted octanol–water partition coefficient (Wildman–Crippen LogP) is 2.17. The smallest absolute Gasteiger partial charge is 0.414 e. The number of pyridine rings is 1. The summed E-state index contributed by atoms with van der Waals surface area (Å²) in [6, 6.07) is 7.71. The van der Waals surface area contributed by atoms with E-state index in [1.807, 2.05) is 0 Å². The van der Waals surface area contributed by atoms with Crippen LogP contribution in [0.5, 0.6) is 0 Å². The first-order chi connectivity index (χ1) is 13.9. The summed E-state index contributed by atoms with van der Waals surface area (Å²) in [6.07, 6.45) is 1.89. The summed E-state index contributed by atoms with van der Waals surface area (Å²) in [4.78, 5) is 40.6. The van der Waals surface area contributed by atoms with Crippen LogP contribution in [-0.4, -0.2) is 42.1 Å². The second-order valence-corrected chi connectivity index (χ2v) is 6.67. The van der Waals surface area contributed by atoms with Gasteiger partial charge in [-0.1, -0.05) is 0 Å². The maximum atomic E-state index is 14.7. The Morgan fingerprint density at radius 1 is 1.41 bits per heavy atom. The van der Waals surface area contributed by atoms with E-state index in [4.69, 9.17) is 4.74 Å². The third-order valence-electron chi connectivity index (χ3n) is 4.62. The highest BCUT2D eigenvalue weighted by molar-refractivity contribution is 6.34. The van der Waals surface area contributed by atoms with Gasteiger partial charge >= 0.3 is 6.09 Å². The number of hydrogen-bond acceptors (Lipinski definition) is 5. The molecule has 0 unspecified atom stereocenters. The molecule has 2 aromatic rings. The molecule has 4 rings (SSSR count). The van der Waals surface area contributed by atoms with Crippen molar-refractivity contribution in [2.45, 2.75) is 13.0 Å². The summed E-state index contributed by atoms with van der Waals surface area (Å²) in [5, 5.41) is 5.22. The van der Waals surface area contributed by atoms with Crippen LogP contribution >= 0.6 is 0 Å². The molecule has 2 aliphatic rings. The first kappa shape index (κ1) is 18.6. The predicted molar refractivity (Wildman–Crippen MR) is 103 cm³/mol. The number of ether oxygens (including phenoxy) is 1. The maximum Gasteiger partial charge on any atom is 0.414 e. The molecule has 2 aliphatic heterocycles. The van der Waals surface area contributed by atoms with Crippen LogP contribution in [0.15, 0.2) is 36.5 Å². The van der Waals surface area contributed by atoms with Crippen molar-refractivity contribution in [3.63, 3.8) is 0 Å². The van der Waals surface area contributed by atoms with Crippen molar-refractivity contribution < 1.29 is 23.5 Å². The third kappa shape index (κ3) is 3.66. The molecule has 9 heteroatoms. The number of hydrogen-bond donors (Lipinski definition) is 2. The van der Waals surface area contributed by atoms with Gasteiger partial charge < -0.3 is 15.4 Å². The lowest BCUT2D eigenvalue weighted by molar-refractivity contribution is -0.119. The average molecular weight is 396 g/mol. The number of fused-ring (bicyclic) bond motifs is 1. The SMILES string of the molecule is CC(=O)NC[C@H]1CN(c2ccc(C=C3C(=O)Nc4ncccc43)c(F)c2)C(=O)O1. The molecule has 0 saturated carbocycles. The zero-order chi connectivity index (χ0) is 20.5. The highest BCUT2D eigenvalue weighted by Gasteiger charge is 2.33. The van der Waals surface area contributed by atoms with Crippen LogP contribution in [0.2, 0.25) is 0 Å². The summed E-state index contributed by atoms with van der Waals surface area (Å²) >= 11 is 0. The van der Waals surface area contributed by atoms with Crippen LogP contribution in [-0.2, 0) is 14.3 Å². The van der Waals surface area contributed by atoms with E-state index in [1.54, 1.807) is 24.4 Å². The highest BCUT2D eigenvalue weighted by Crippen LogP contribution is 2.32. The van der Waals surface area contributed by atoms with Gasteiger partial charge in [0.05, 0.1) is 24.4 Å². The van der Waals surface area contributed by atoms with E-state index in [2.05, 4.69) is 15.6 Å². The molecule has 29 heavy (non-hydrogen) atoms. The number of halogens is 1. The molecule has 0 spiro atoms. The molecule has 0 radical (unpaired) electrons. The molecular weight excluding hydrogens is 379 g/mol. The summed E-state index contributed by atoms with van der Waals surface area (Å²) in [5.41, 5.74) is 1.46. The summed E-state index contributed by atoms with van der Waals surface area (Å²) in [5.74, 6) is -0.731. The molecule has 148 valence electrons. The van der Waals surface area contributed by atoms with Crippen molar-refractivity contribution in [2.75, 3.05) is 23.3 Å². The quantitative estimate of drug-likeness (QED) is 0.772. The van der Waals surface area contributed by atoms with Crippen molar-refractivity contribution in [1.82, 2.24) is 10.3 Å². The Balaban J connectivity index is 1.56. The molecule has 1 atom stereocenters. The number of nitrogens with one attached hydrogen (secondary N) is 2. The standard InChI is InChI=1S/C20H17FN4O4/c1-11(26)23-9-14-10-25(20(28)29-14)13-5-4-12(17(21)8-13)7-16-15-3-2-6-22-18(15)24-19(16)27/h2-8,14H,9-10H2,1H3,(H,23,26)(H,22,24,27)/t14-/m0/s1. The van der Waals surface area contributed by atoms with E-state index in [9.17, 15) is 18.8 Å². The fraction of sp³-hybridized carbons (Fsp3) is 0.200. The molecule has 3 heterocycles. The Morgan fingerprint density at radius 2 is 2.24 bits per heavy atom. The first-order valence-corrected chi connectivity index (χ1v) is 8.93. The van der Waals surface area contributed by atoms with E-state index >= 15 is 0 Å². The minimum atomic E-state index is -0.610. The number of rotatable bonds is 4. The largest absolute Gasteiger partial charge is 0.442 e. The lowest BCUT2D eigenvalue weighted by Crippen LogP contribution is -2.33. The van der Waals surface area contributed by atoms with E-state index < -0.39 is 18.0 Å². The van der Waals surface area contributed by atoms with Crippen LogP contribution in [0.1, 0.15) is 18.1 Å². The lowest BCUT2D eigenvalue weighted by Gasteiger charge is -2.14. The topological polar surface area (TPSA) is 101 Å². The third-order valence-corrected chi connectivity index (χ3v) is 4.62. The lowest BCUT2D eigenvalue weighted by atomic mass is 10.0. The van der Waals surface area contributed by atoms with Gasteiger partial charge in [-0.15, -0.1) is 0 Å².